The highest BCUT2D eigenvalue weighted by molar-refractivity contribution is 7.52. The van der Waals surface area contributed by atoms with Crippen molar-refractivity contribution in [2.45, 2.75) is 58.8 Å². The van der Waals surface area contributed by atoms with Crippen LogP contribution in [0.4, 0.5) is 0 Å². The van der Waals surface area contributed by atoms with Gasteiger partial charge >= 0.3 is 7.60 Å². The second kappa shape index (κ2) is 9.38. The number of hydrogen-bond acceptors (Lipinski definition) is 2. The van der Waals surface area contributed by atoms with Crippen molar-refractivity contribution in [2.75, 3.05) is 12.8 Å². The summed E-state index contributed by atoms with van der Waals surface area (Å²) in [7, 11) is -3.24. The molecule has 1 unspecified atom stereocenters. The van der Waals surface area contributed by atoms with Crippen molar-refractivity contribution < 1.29 is 14.0 Å². The Morgan fingerprint density at radius 1 is 1.00 bits per heavy atom. The Hall–Kier alpha value is 0.150. The van der Waals surface area contributed by atoms with Crippen LogP contribution in [0.5, 0.6) is 0 Å². The third-order valence-electron chi connectivity index (χ3n) is 2.44. The monoisotopic (exact) mass is 236 g/mol. The van der Waals surface area contributed by atoms with Crippen molar-refractivity contribution in [2.24, 2.45) is 0 Å². The van der Waals surface area contributed by atoms with Gasteiger partial charge in [-0.05, 0) is 6.42 Å². The molecule has 0 saturated heterocycles. The van der Waals surface area contributed by atoms with Gasteiger partial charge < -0.3 is 9.42 Å². The van der Waals surface area contributed by atoms with Crippen LogP contribution in [0.2, 0.25) is 0 Å². The molecule has 0 aliphatic rings. The van der Waals surface area contributed by atoms with Crippen LogP contribution in [0.25, 0.3) is 0 Å². The Morgan fingerprint density at radius 3 is 2.07 bits per heavy atom. The second-order valence-electron chi connectivity index (χ2n) is 3.91. The standard InChI is InChI=1S/C11H25O3P/c1-3-5-6-7-8-9-10-11-14-15(12,13)4-2/h3-11H2,1-2H3,(H,12,13). The fraction of sp³-hybridized carbons (Fsp3) is 1.00. The molecule has 1 atom stereocenters. The minimum absolute atomic E-state index is 0.212. The van der Waals surface area contributed by atoms with Crippen molar-refractivity contribution in [1.82, 2.24) is 0 Å². The van der Waals surface area contributed by atoms with Crippen LogP contribution in [-0.4, -0.2) is 17.7 Å². The fourth-order valence-corrected chi connectivity index (χ4v) is 1.95. The topological polar surface area (TPSA) is 46.5 Å². The zero-order chi connectivity index (χ0) is 11.6. The predicted octanol–water partition coefficient (Wildman–Crippen LogP) is 3.96. The van der Waals surface area contributed by atoms with E-state index in [-0.39, 0.29) is 6.16 Å². The van der Waals surface area contributed by atoms with E-state index in [1.807, 2.05) is 0 Å². The van der Waals surface area contributed by atoms with Crippen LogP contribution in [0.1, 0.15) is 58.8 Å². The zero-order valence-electron chi connectivity index (χ0n) is 10.1. The van der Waals surface area contributed by atoms with Crippen LogP contribution in [0.3, 0.4) is 0 Å². The molecule has 0 bridgehead atoms. The molecule has 0 saturated carbocycles. The first-order chi connectivity index (χ1) is 7.12. The summed E-state index contributed by atoms with van der Waals surface area (Å²) < 4.78 is 16.0. The molecule has 0 aliphatic carbocycles. The van der Waals surface area contributed by atoms with Crippen molar-refractivity contribution >= 4 is 7.60 Å². The third kappa shape index (κ3) is 10.4. The highest BCUT2D eigenvalue weighted by Gasteiger charge is 2.14. The second-order valence-corrected chi connectivity index (χ2v) is 6.07. The lowest BCUT2D eigenvalue weighted by Crippen LogP contribution is -1.94. The van der Waals surface area contributed by atoms with Crippen molar-refractivity contribution in [3.63, 3.8) is 0 Å². The first-order valence-electron chi connectivity index (χ1n) is 6.08. The Bertz CT molecular complexity index is 183. The highest BCUT2D eigenvalue weighted by atomic mass is 31.2. The van der Waals surface area contributed by atoms with Crippen LogP contribution in [0, 0.1) is 0 Å². The molecule has 15 heavy (non-hydrogen) atoms. The molecule has 92 valence electrons. The number of hydrogen-bond donors (Lipinski definition) is 1. The summed E-state index contributed by atoms with van der Waals surface area (Å²) in [6, 6.07) is 0. The predicted molar refractivity (Wildman–Crippen MR) is 64.3 cm³/mol. The maximum atomic E-state index is 11.1. The number of rotatable bonds is 10. The molecule has 1 N–H and O–H groups in total. The minimum Gasteiger partial charge on any atom is -0.324 e. The van der Waals surface area contributed by atoms with E-state index < -0.39 is 7.60 Å². The summed E-state index contributed by atoms with van der Waals surface area (Å²) in [4.78, 5) is 9.13. The van der Waals surface area contributed by atoms with Crippen LogP contribution < -0.4 is 0 Å². The van der Waals surface area contributed by atoms with Gasteiger partial charge in [0.2, 0.25) is 0 Å². The molecule has 4 heteroatoms. The lowest BCUT2D eigenvalue weighted by molar-refractivity contribution is 0.253. The Kier molecular flexibility index (Phi) is 9.48. The summed E-state index contributed by atoms with van der Waals surface area (Å²) in [6.45, 7) is 4.30. The Morgan fingerprint density at radius 2 is 1.53 bits per heavy atom. The Balaban J connectivity index is 3.15. The van der Waals surface area contributed by atoms with Gasteiger partial charge in [0.05, 0.1) is 6.61 Å². The van der Waals surface area contributed by atoms with Crippen molar-refractivity contribution in [3.8, 4) is 0 Å². The molecular formula is C11H25O3P. The van der Waals surface area contributed by atoms with E-state index in [4.69, 9.17) is 9.42 Å². The molecule has 0 aromatic rings. The molecule has 0 fully saturated rings. The first-order valence-corrected chi connectivity index (χ1v) is 7.85. The molecule has 0 amide bonds. The molecule has 0 rings (SSSR count). The van der Waals surface area contributed by atoms with Gasteiger partial charge in [0, 0.05) is 6.16 Å². The summed E-state index contributed by atoms with van der Waals surface area (Å²) in [6.07, 6.45) is 8.60. The van der Waals surface area contributed by atoms with E-state index in [1.54, 1.807) is 6.92 Å². The van der Waals surface area contributed by atoms with Gasteiger partial charge in [0.15, 0.2) is 0 Å². The van der Waals surface area contributed by atoms with Crippen molar-refractivity contribution in [1.29, 1.82) is 0 Å². The van der Waals surface area contributed by atoms with E-state index >= 15 is 0 Å². The third-order valence-corrected chi connectivity index (χ3v) is 3.83. The van der Waals surface area contributed by atoms with Gasteiger partial charge in [-0.2, -0.15) is 0 Å². The van der Waals surface area contributed by atoms with Gasteiger partial charge in [0.25, 0.3) is 0 Å². The summed E-state index contributed by atoms with van der Waals surface area (Å²) in [5.74, 6) is 0. The van der Waals surface area contributed by atoms with Gasteiger partial charge in [-0.15, -0.1) is 0 Å². The van der Waals surface area contributed by atoms with Crippen LogP contribution in [0.15, 0.2) is 0 Å². The van der Waals surface area contributed by atoms with Crippen LogP contribution in [-0.2, 0) is 9.09 Å². The average Bonchev–Trinajstić information content (AvgIpc) is 2.22. The summed E-state index contributed by atoms with van der Waals surface area (Å²) in [5, 5.41) is 0. The molecule has 0 radical (unpaired) electrons. The summed E-state index contributed by atoms with van der Waals surface area (Å²) in [5.41, 5.74) is 0. The van der Waals surface area contributed by atoms with E-state index in [9.17, 15) is 4.57 Å². The van der Waals surface area contributed by atoms with Crippen LogP contribution >= 0.6 is 7.60 Å². The largest absolute Gasteiger partial charge is 0.327 e. The van der Waals surface area contributed by atoms with Gasteiger partial charge in [-0.25, -0.2) is 0 Å². The quantitative estimate of drug-likeness (QED) is 0.461. The average molecular weight is 236 g/mol. The van der Waals surface area contributed by atoms with E-state index in [1.165, 1.54) is 32.1 Å². The van der Waals surface area contributed by atoms with E-state index in [0.29, 0.717) is 6.61 Å². The SMILES string of the molecule is CCCCCCCCCOP(=O)(O)CC. The maximum absolute atomic E-state index is 11.1. The highest BCUT2D eigenvalue weighted by Crippen LogP contribution is 2.41. The van der Waals surface area contributed by atoms with E-state index in [0.717, 1.165) is 12.8 Å². The van der Waals surface area contributed by atoms with Crippen molar-refractivity contribution in [3.05, 3.63) is 0 Å². The number of unbranched alkanes of at least 4 members (excludes halogenated alkanes) is 6. The van der Waals surface area contributed by atoms with Gasteiger partial charge in [-0.1, -0.05) is 52.4 Å². The molecule has 0 aromatic carbocycles. The lowest BCUT2D eigenvalue weighted by Gasteiger charge is -2.09. The first kappa shape index (κ1) is 15.2. The molecule has 0 aromatic heterocycles. The normalized spacial score (nSPS) is 15.1. The van der Waals surface area contributed by atoms with Gasteiger partial charge in [0.1, 0.15) is 0 Å². The molecule has 0 heterocycles. The smallest absolute Gasteiger partial charge is 0.324 e. The van der Waals surface area contributed by atoms with Gasteiger partial charge in [-0.3, -0.25) is 4.57 Å². The summed E-state index contributed by atoms with van der Waals surface area (Å²) >= 11 is 0. The lowest BCUT2D eigenvalue weighted by atomic mass is 10.1. The molecular weight excluding hydrogens is 211 g/mol. The molecule has 0 aliphatic heterocycles. The molecule has 3 nitrogen and oxygen atoms in total. The zero-order valence-corrected chi connectivity index (χ0v) is 11.0. The minimum atomic E-state index is -3.24. The van der Waals surface area contributed by atoms with E-state index in [2.05, 4.69) is 6.92 Å². The maximum Gasteiger partial charge on any atom is 0.327 e. The molecule has 0 spiro atoms. The Labute approximate surface area is 93.8 Å². The fourth-order valence-electron chi connectivity index (χ4n) is 1.36.